The van der Waals surface area contributed by atoms with Crippen LogP contribution in [0, 0.1) is 0 Å². The maximum Gasteiger partial charge on any atom is 0.264 e. The van der Waals surface area contributed by atoms with Crippen molar-refractivity contribution in [2.75, 3.05) is 20.8 Å². The van der Waals surface area contributed by atoms with Crippen LogP contribution in [0.25, 0.3) is 6.08 Å². The molecular formula is C20H20N2O4S. The van der Waals surface area contributed by atoms with E-state index in [-0.39, 0.29) is 5.91 Å². The molecule has 0 radical (unpaired) electrons. The number of hydrogen-bond donors (Lipinski definition) is 1. The predicted octanol–water partition coefficient (Wildman–Crippen LogP) is 3.99. The van der Waals surface area contributed by atoms with Crippen LogP contribution in [-0.4, -0.2) is 31.9 Å². The van der Waals surface area contributed by atoms with Gasteiger partial charge in [-0.1, -0.05) is 18.2 Å². The van der Waals surface area contributed by atoms with Crippen LogP contribution in [0.5, 0.6) is 17.2 Å². The third-order valence-corrected chi connectivity index (χ3v) is 4.65. The van der Waals surface area contributed by atoms with Gasteiger partial charge >= 0.3 is 0 Å². The van der Waals surface area contributed by atoms with E-state index in [1.807, 2.05) is 43.3 Å². The number of nitrogens with one attached hydrogen (secondary N) is 1. The number of aliphatic imine (C=N–C) groups is 1. The number of rotatable bonds is 6. The third kappa shape index (κ3) is 4.43. The zero-order chi connectivity index (χ0) is 19.2. The van der Waals surface area contributed by atoms with Crippen molar-refractivity contribution in [3.63, 3.8) is 0 Å². The third-order valence-electron chi connectivity index (χ3n) is 3.74. The number of benzene rings is 2. The summed E-state index contributed by atoms with van der Waals surface area (Å²) >= 11 is 1.28. The highest BCUT2D eigenvalue weighted by molar-refractivity contribution is 8.18. The SMILES string of the molecule is CCOc1ccccc1N=C1NC(=O)C(=Cc2ccc(OC)c(OC)c2)S1. The molecule has 6 nitrogen and oxygen atoms in total. The molecule has 0 atom stereocenters. The Balaban J connectivity index is 1.84. The van der Waals surface area contributed by atoms with Gasteiger partial charge in [-0.15, -0.1) is 0 Å². The molecule has 3 rings (SSSR count). The standard InChI is InChI=1S/C20H20N2O4S/c1-4-26-15-8-6-5-7-14(15)21-20-22-19(23)18(27-20)12-13-9-10-16(24-2)17(11-13)25-3/h5-12H,4H2,1-3H3,(H,21,22,23). The average Bonchev–Trinajstić information content (AvgIpc) is 3.02. The molecule has 1 aliphatic rings. The number of amides is 1. The minimum atomic E-state index is -0.192. The Hall–Kier alpha value is -2.93. The van der Waals surface area contributed by atoms with Gasteiger partial charge in [0.15, 0.2) is 16.7 Å². The summed E-state index contributed by atoms with van der Waals surface area (Å²) in [6.07, 6.45) is 1.79. The molecule has 1 N–H and O–H groups in total. The molecule has 0 saturated carbocycles. The molecule has 2 aromatic carbocycles. The number of methoxy groups -OCH3 is 2. The van der Waals surface area contributed by atoms with Crippen molar-refractivity contribution in [3.05, 3.63) is 52.9 Å². The van der Waals surface area contributed by atoms with Crippen LogP contribution in [0.1, 0.15) is 12.5 Å². The Labute approximate surface area is 162 Å². The Morgan fingerprint density at radius 3 is 2.59 bits per heavy atom. The van der Waals surface area contributed by atoms with Crippen molar-refractivity contribution in [2.24, 2.45) is 4.99 Å². The summed E-state index contributed by atoms with van der Waals surface area (Å²) in [4.78, 5) is 17.4. The van der Waals surface area contributed by atoms with Crippen LogP contribution in [0.15, 0.2) is 52.4 Å². The molecule has 1 heterocycles. The van der Waals surface area contributed by atoms with Crippen molar-refractivity contribution in [2.45, 2.75) is 6.92 Å². The summed E-state index contributed by atoms with van der Waals surface area (Å²) in [5.74, 6) is 1.73. The quantitative estimate of drug-likeness (QED) is 0.763. The van der Waals surface area contributed by atoms with Gasteiger partial charge in [-0.2, -0.15) is 0 Å². The second-order valence-electron chi connectivity index (χ2n) is 5.50. The Bertz CT molecular complexity index is 909. The molecule has 1 fully saturated rings. The van der Waals surface area contributed by atoms with Crippen LogP contribution in [0.4, 0.5) is 5.69 Å². The number of ether oxygens (including phenoxy) is 3. The van der Waals surface area contributed by atoms with Crippen molar-refractivity contribution in [3.8, 4) is 17.2 Å². The van der Waals surface area contributed by atoms with E-state index in [1.54, 1.807) is 26.4 Å². The maximum absolute atomic E-state index is 12.3. The van der Waals surface area contributed by atoms with E-state index in [0.29, 0.717) is 39.6 Å². The predicted molar refractivity (Wildman–Crippen MR) is 108 cm³/mol. The topological polar surface area (TPSA) is 69.2 Å². The Morgan fingerprint density at radius 1 is 1.07 bits per heavy atom. The average molecular weight is 384 g/mol. The molecular weight excluding hydrogens is 364 g/mol. The lowest BCUT2D eigenvalue weighted by Crippen LogP contribution is -2.19. The summed E-state index contributed by atoms with van der Waals surface area (Å²) < 4.78 is 16.1. The zero-order valence-corrected chi connectivity index (χ0v) is 16.1. The highest BCUT2D eigenvalue weighted by Crippen LogP contribution is 2.33. The summed E-state index contributed by atoms with van der Waals surface area (Å²) in [7, 11) is 3.16. The van der Waals surface area contributed by atoms with Gasteiger partial charge < -0.3 is 19.5 Å². The van der Waals surface area contributed by atoms with Crippen LogP contribution >= 0.6 is 11.8 Å². The molecule has 1 amide bonds. The first-order valence-corrected chi connectivity index (χ1v) is 9.19. The molecule has 7 heteroatoms. The van der Waals surface area contributed by atoms with Crippen LogP contribution in [0.2, 0.25) is 0 Å². The van der Waals surface area contributed by atoms with Crippen molar-refractivity contribution < 1.29 is 19.0 Å². The van der Waals surface area contributed by atoms with E-state index in [9.17, 15) is 4.79 Å². The second kappa shape index (κ2) is 8.64. The number of hydrogen-bond acceptors (Lipinski definition) is 6. The van der Waals surface area contributed by atoms with E-state index in [4.69, 9.17) is 14.2 Å². The first-order chi connectivity index (χ1) is 13.1. The second-order valence-corrected chi connectivity index (χ2v) is 6.53. The van der Waals surface area contributed by atoms with Crippen LogP contribution in [-0.2, 0) is 4.79 Å². The molecule has 1 aliphatic heterocycles. The number of thioether (sulfide) groups is 1. The van der Waals surface area contributed by atoms with Gasteiger partial charge in [-0.05, 0) is 54.6 Å². The number of amidine groups is 1. The van der Waals surface area contributed by atoms with E-state index in [1.165, 1.54) is 11.8 Å². The molecule has 27 heavy (non-hydrogen) atoms. The highest BCUT2D eigenvalue weighted by Gasteiger charge is 2.24. The van der Waals surface area contributed by atoms with Gasteiger partial charge in [0.2, 0.25) is 0 Å². The van der Waals surface area contributed by atoms with Crippen LogP contribution in [0.3, 0.4) is 0 Å². The molecule has 0 spiro atoms. The molecule has 2 aromatic rings. The Kier molecular flexibility index (Phi) is 6.03. The van der Waals surface area contributed by atoms with Gasteiger partial charge in [0, 0.05) is 0 Å². The molecule has 1 saturated heterocycles. The highest BCUT2D eigenvalue weighted by atomic mass is 32.2. The molecule has 0 aliphatic carbocycles. The largest absolute Gasteiger partial charge is 0.493 e. The minimum absolute atomic E-state index is 0.192. The van der Waals surface area contributed by atoms with Crippen molar-refractivity contribution >= 4 is 34.6 Å². The molecule has 0 unspecified atom stereocenters. The van der Waals surface area contributed by atoms with Gasteiger partial charge in [0.25, 0.3) is 5.91 Å². The van der Waals surface area contributed by atoms with E-state index in [0.717, 1.165) is 5.56 Å². The fraction of sp³-hybridized carbons (Fsp3) is 0.200. The Morgan fingerprint density at radius 2 is 1.85 bits per heavy atom. The van der Waals surface area contributed by atoms with Gasteiger partial charge in [0.05, 0.1) is 25.7 Å². The lowest BCUT2D eigenvalue weighted by atomic mass is 10.2. The minimum Gasteiger partial charge on any atom is -0.493 e. The number of para-hydroxylation sites is 2. The van der Waals surface area contributed by atoms with Gasteiger partial charge in [-0.25, -0.2) is 4.99 Å². The summed E-state index contributed by atoms with van der Waals surface area (Å²) in [5.41, 5.74) is 1.51. The fourth-order valence-electron chi connectivity index (χ4n) is 2.51. The zero-order valence-electron chi connectivity index (χ0n) is 15.3. The molecule has 140 valence electrons. The summed E-state index contributed by atoms with van der Waals surface area (Å²) in [6, 6.07) is 12.9. The van der Waals surface area contributed by atoms with Crippen molar-refractivity contribution in [1.82, 2.24) is 5.32 Å². The smallest absolute Gasteiger partial charge is 0.264 e. The number of nitrogens with zero attached hydrogens (tertiary/aromatic N) is 1. The van der Waals surface area contributed by atoms with Gasteiger partial charge in [0.1, 0.15) is 11.4 Å². The lowest BCUT2D eigenvalue weighted by Gasteiger charge is -2.07. The normalized spacial score (nSPS) is 16.5. The first kappa shape index (κ1) is 18.8. The maximum atomic E-state index is 12.3. The molecule has 0 bridgehead atoms. The van der Waals surface area contributed by atoms with E-state index >= 15 is 0 Å². The summed E-state index contributed by atoms with van der Waals surface area (Å²) in [6.45, 7) is 2.46. The van der Waals surface area contributed by atoms with Crippen LogP contribution < -0.4 is 19.5 Å². The lowest BCUT2D eigenvalue weighted by molar-refractivity contribution is -0.115. The number of carbonyl (C=O) groups is 1. The summed E-state index contributed by atoms with van der Waals surface area (Å²) in [5, 5.41) is 3.30. The number of carbonyl (C=O) groups excluding carboxylic acids is 1. The van der Waals surface area contributed by atoms with Crippen molar-refractivity contribution in [1.29, 1.82) is 0 Å². The van der Waals surface area contributed by atoms with E-state index < -0.39 is 0 Å². The monoisotopic (exact) mass is 384 g/mol. The van der Waals surface area contributed by atoms with E-state index in [2.05, 4.69) is 10.3 Å². The first-order valence-electron chi connectivity index (χ1n) is 8.38. The molecule has 0 aromatic heterocycles. The fourth-order valence-corrected chi connectivity index (χ4v) is 3.35. The van der Waals surface area contributed by atoms with Gasteiger partial charge in [-0.3, -0.25) is 4.79 Å².